The number of fused-ring (bicyclic) bond motifs is 1. The van der Waals surface area contributed by atoms with Gasteiger partial charge >= 0.3 is 0 Å². The Hall–Kier alpha value is -3.69. The Bertz CT molecular complexity index is 1430. The molecule has 4 heterocycles. The van der Waals surface area contributed by atoms with Crippen molar-refractivity contribution in [1.29, 1.82) is 0 Å². The number of aliphatic hydroxyl groups is 2. The highest BCUT2D eigenvalue weighted by Crippen LogP contribution is 2.32. The van der Waals surface area contributed by atoms with Crippen LogP contribution in [-0.2, 0) is 20.7 Å². The van der Waals surface area contributed by atoms with E-state index in [0.29, 0.717) is 37.1 Å². The quantitative estimate of drug-likeness (QED) is 0.193. The molecule has 0 bridgehead atoms. The average Bonchev–Trinajstić information content (AvgIpc) is 3.63. The number of nitrogens with two attached hydrogens (primary N) is 1. The number of imidazole rings is 1. The minimum absolute atomic E-state index is 0.154. The third kappa shape index (κ3) is 7.81. The van der Waals surface area contributed by atoms with Crippen molar-refractivity contribution in [3.8, 4) is 0 Å². The lowest BCUT2D eigenvalue weighted by Crippen LogP contribution is -2.57. The van der Waals surface area contributed by atoms with Crippen LogP contribution < -0.4 is 11.1 Å². The molecule has 0 radical (unpaired) electrons. The van der Waals surface area contributed by atoms with E-state index in [1.165, 1.54) is 17.2 Å². The minimum atomic E-state index is -1.55. The van der Waals surface area contributed by atoms with Gasteiger partial charge in [0, 0.05) is 39.3 Å². The van der Waals surface area contributed by atoms with Crippen LogP contribution in [0.3, 0.4) is 0 Å². The average molecular weight is 638 g/mol. The van der Waals surface area contributed by atoms with Crippen molar-refractivity contribution in [2.24, 2.45) is 0 Å². The molecule has 250 valence electrons. The number of aryl methyl sites for hydroxylation is 1. The number of ether oxygens (including phenoxy) is 1. The number of nitrogen functional groups attached to an aromatic ring is 1. The van der Waals surface area contributed by atoms with Crippen LogP contribution in [0, 0.1) is 0 Å². The summed E-state index contributed by atoms with van der Waals surface area (Å²) in [5.41, 5.74) is 7.54. The van der Waals surface area contributed by atoms with E-state index in [-0.39, 0.29) is 11.7 Å². The topological polar surface area (TPSA) is 175 Å². The van der Waals surface area contributed by atoms with E-state index in [1.807, 2.05) is 35.2 Å². The lowest BCUT2D eigenvalue weighted by molar-refractivity contribution is -0.144. The van der Waals surface area contributed by atoms with E-state index in [1.54, 1.807) is 0 Å². The van der Waals surface area contributed by atoms with Crippen molar-refractivity contribution < 1.29 is 24.5 Å². The molecule has 2 aliphatic heterocycles. The summed E-state index contributed by atoms with van der Waals surface area (Å²) >= 11 is 0. The highest BCUT2D eigenvalue weighted by molar-refractivity contribution is 5.90. The van der Waals surface area contributed by atoms with Crippen LogP contribution in [0.4, 0.5) is 5.82 Å². The Kier molecular flexibility index (Phi) is 11.5. The first-order valence-electron chi connectivity index (χ1n) is 16.3. The molecule has 0 saturated carbocycles. The molecule has 2 aliphatic rings. The molecule has 2 amide bonds. The third-order valence-corrected chi connectivity index (χ3v) is 8.83. The van der Waals surface area contributed by atoms with Crippen molar-refractivity contribution in [1.82, 2.24) is 39.5 Å². The van der Waals surface area contributed by atoms with Crippen molar-refractivity contribution >= 4 is 28.8 Å². The zero-order chi connectivity index (χ0) is 32.6. The van der Waals surface area contributed by atoms with Crippen LogP contribution in [0.25, 0.3) is 11.2 Å². The van der Waals surface area contributed by atoms with Crippen molar-refractivity contribution in [2.45, 2.75) is 70.1 Å². The van der Waals surface area contributed by atoms with E-state index in [4.69, 9.17) is 10.5 Å². The first kappa shape index (κ1) is 33.7. The van der Waals surface area contributed by atoms with Crippen LogP contribution in [0.2, 0.25) is 0 Å². The molecule has 0 spiro atoms. The highest BCUT2D eigenvalue weighted by Gasteiger charge is 2.48. The standard InChI is InChI=1S/C32H47N9O5/c1-3-12-38(13-4-2)14-15-39-16-18-40(19-17-39)31(45)23(11-10-22-8-6-5-7-9-22)37-30(44)27-25(42)26(43)32(46-27)41-21-36-24-28(33)34-20-35-29(24)41/h5-9,20-21,23,25-27,32,42-43H,3-4,10-19H2,1-2H3,(H,37,44)(H2,33,34,35)/t23-,25-,26+,27-,32+/m0/s1. The van der Waals surface area contributed by atoms with Gasteiger partial charge in [-0.05, 0) is 44.3 Å². The predicted molar refractivity (Wildman–Crippen MR) is 172 cm³/mol. The normalized spacial score (nSPS) is 22.8. The summed E-state index contributed by atoms with van der Waals surface area (Å²) in [7, 11) is 0. The van der Waals surface area contributed by atoms with E-state index in [9.17, 15) is 19.8 Å². The Morgan fingerprint density at radius 1 is 1.02 bits per heavy atom. The van der Waals surface area contributed by atoms with Crippen molar-refractivity contribution in [2.75, 3.05) is 58.1 Å². The molecule has 14 nitrogen and oxygen atoms in total. The predicted octanol–water partition coefficient (Wildman–Crippen LogP) is 0.412. The van der Waals surface area contributed by atoms with Crippen LogP contribution in [0.1, 0.15) is 44.9 Å². The van der Waals surface area contributed by atoms with E-state index < -0.39 is 36.5 Å². The molecule has 14 heteroatoms. The summed E-state index contributed by atoms with van der Waals surface area (Å²) in [6.07, 6.45) is 0.255. The zero-order valence-corrected chi connectivity index (χ0v) is 26.7. The molecular formula is C32H47N9O5. The van der Waals surface area contributed by atoms with Gasteiger partial charge < -0.3 is 35.8 Å². The van der Waals surface area contributed by atoms with Crippen LogP contribution in [-0.4, -0.2) is 133 Å². The second-order valence-electron chi connectivity index (χ2n) is 12.1. The number of aromatic nitrogens is 4. The van der Waals surface area contributed by atoms with E-state index >= 15 is 0 Å². The number of piperazine rings is 1. The van der Waals surface area contributed by atoms with Crippen LogP contribution in [0.15, 0.2) is 43.0 Å². The van der Waals surface area contributed by atoms with Crippen LogP contribution in [0.5, 0.6) is 0 Å². The summed E-state index contributed by atoms with van der Waals surface area (Å²) in [4.78, 5) is 46.5. The van der Waals surface area contributed by atoms with Gasteiger partial charge in [0.15, 0.2) is 23.8 Å². The molecule has 5 atom stereocenters. The molecule has 0 aliphatic carbocycles. The number of carbonyl (C=O) groups is 2. The number of nitrogens with one attached hydrogen (secondary N) is 1. The maximum Gasteiger partial charge on any atom is 0.252 e. The van der Waals surface area contributed by atoms with Gasteiger partial charge in [0.05, 0.1) is 6.33 Å². The largest absolute Gasteiger partial charge is 0.387 e. The molecule has 2 aromatic heterocycles. The summed E-state index contributed by atoms with van der Waals surface area (Å²) < 4.78 is 7.31. The summed E-state index contributed by atoms with van der Waals surface area (Å²) in [5, 5.41) is 24.6. The van der Waals surface area contributed by atoms with Gasteiger partial charge in [-0.15, -0.1) is 0 Å². The maximum atomic E-state index is 13.9. The van der Waals surface area contributed by atoms with E-state index in [0.717, 1.165) is 57.7 Å². The molecule has 46 heavy (non-hydrogen) atoms. The van der Waals surface area contributed by atoms with Gasteiger partial charge in [-0.25, -0.2) is 15.0 Å². The maximum absolute atomic E-state index is 13.9. The summed E-state index contributed by atoms with van der Waals surface area (Å²) in [6, 6.07) is 8.95. The van der Waals surface area contributed by atoms with Crippen LogP contribution >= 0.6 is 0 Å². The Labute approximate surface area is 269 Å². The number of hydrogen-bond acceptors (Lipinski definition) is 11. The van der Waals surface area contributed by atoms with Gasteiger partial charge in [-0.2, -0.15) is 0 Å². The fraction of sp³-hybridized carbons (Fsp3) is 0.594. The molecule has 5 rings (SSSR count). The SMILES string of the molecule is CCCN(CCC)CCN1CCN(C(=O)[C@H](CCc2ccccc2)NC(=O)[C@H]2O[C@@H](n3cnc4c(N)ncnc43)[C@H](O)[C@@H]2O)CC1. The fourth-order valence-corrected chi connectivity index (χ4v) is 6.29. The lowest BCUT2D eigenvalue weighted by Gasteiger charge is -2.37. The van der Waals surface area contributed by atoms with Gasteiger partial charge in [-0.1, -0.05) is 44.2 Å². The zero-order valence-electron chi connectivity index (χ0n) is 26.7. The second-order valence-corrected chi connectivity index (χ2v) is 12.1. The molecule has 1 aromatic carbocycles. The fourth-order valence-electron chi connectivity index (χ4n) is 6.29. The molecular weight excluding hydrogens is 590 g/mol. The number of rotatable bonds is 14. The Morgan fingerprint density at radius 2 is 1.74 bits per heavy atom. The first-order valence-corrected chi connectivity index (χ1v) is 16.3. The Morgan fingerprint density at radius 3 is 2.43 bits per heavy atom. The number of hydrogen-bond donors (Lipinski definition) is 4. The number of carbonyl (C=O) groups excluding carboxylic acids is 2. The molecule has 3 aromatic rings. The van der Waals surface area contributed by atoms with Gasteiger partial charge in [-0.3, -0.25) is 19.1 Å². The van der Waals surface area contributed by atoms with E-state index in [2.05, 4.69) is 43.9 Å². The molecule has 2 saturated heterocycles. The first-order chi connectivity index (χ1) is 22.3. The number of benzene rings is 1. The van der Waals surface area contributed by atoms with Gasteiger partial charge in [0.25, 0.3) is 5.91 Å². The minimum Gasteiger partial charge on any atom is -0.387 e. The highest BCUT2D eigenvalue weighted by atomic mass is 16.6. The third-order valence-electron chi connectivity index (χ3n) is 8.83. The monoisotopic (exact) mass is 637 g/mol. The van der Waals surface area contributed by atoms with Gasteiger partial charge in [0.2, 0.25) is 5.91 Å². The molecule has 2 fully saturated rings. The van der Waals surface area contributed by atoms with Crippen molar-refractivity contribution in [3.63, 3.8) is 0 Å². The summed E-state index contributed by atoms with van der Waals surface area (Å²) in [6.45, 7) is 11.2. The number of aliphatic hydroxyl groups excluding tert-OH is 2. The molecule has 5 N–H and O–H groups in total. The summed E-state index contributed by atoms with van der Waals surface area (Å²) in [5.74, 6) is -0.689. The Balaban J connectivity index is 1.24. The lowest BCUT2D eigenvalue weighted by atomic mass is 10.0. The van der Waals surface area contributed by atoms with Gasteiger partial charge in [0.1, 0.15) is 30.1 Å². The molecule has 0 unspecified atom stereocenters. The van der Waals surface area contributed by atoms with Crippen molar-refractivity contribution in [3.05, 3.63) is 48.5 Å². The number of amides is 2. The smallest absolute Gasteiger partial charge is 0.252 e. The number of nitrogens with zero attached hydrogens (tertiary/aromatic N) is 7. The number of anilines is 1. The second kappa shape index (κ2) is 15.7.